The van der Waals surface area contributed by atoms with Crippen molar-refractivity contribution in [2.75, 3.05) is 16.4 Å². The molecular weight excluding hydrogens is 615 g/mol. The highest BCUT2D eigenvalue weighted by Crippen LogP contribution is 2.37. The van der Waals surface area contributed by atoms with E-state index in [4.69, 9.17) is 15.0 Å². The van der Waals surface area contributed by atoms with Gasteiger partial charge in [-0.2, -0.15) is 0 Å². The van der Waals surface area contributed by atoms with E-state index in [0.29, 0.717) is 17.3 Å². The third-order valence-corrected chi connectivity index (χ3v) is 9.96. The van der Waals surface area contributed by atoms with Gasteiger partial charge in [0.15, 0.2) is 0 Å². The number of hydrogen-bond acceptors (Lipinski definition) is 8. The summed E-state index contributed by atoms with van der Waals surface area (Å²) in [5.41, 5.74) is 9.98. The summed E-state index contributed by atoms with van der Waals surface area (Å²) in [4.78, 5) is 36.6. The first kappa shape index (κ1) is 32.7. The quantitative estimate of drug-likeness (QED) is 0.178. The first-order chi connectivity index (χ1) is 23.4. The molecule has 3 fully saturated rings. The van der Waals surface area contributed by atoms with Gasteiger partial charge < -0.3 is 25.7 Å². The summed E-state index contributed by atoms with van der Waals surface area (Å²) in [6, 6.07) is 16.0. The van der Waals surface area contributed by atoms with E-state index < -0.39 is 0 Å². The lowest BCUT2D eigenvalue weighted by Gasteiger charge is -2.32. The van der Waals surface area contributed by atoms with Gasteiger partial charge in [0.2, 0.25) is 11.8 Å². The molecule has 49 heavy (non-hydrogen) atoms. The van der Waals surface area contributed by atoms with Crippen molar-refractivity contribution < 1.29 is 18.9 Å². The normalized spacial score (nSPS) is 17.8. The second-order valence-corrected chi connectivity index (χ2v) is 14.3. The molecule has 2 aliphatic carbocycles. The fourth-order valence-electron chi connectivity index (χ4n) is 5.71. The van der Waals surface area contributed by atoms with Gasteiger partial charge in [0.25, 0.3) is 0 Å². The number of nitrogens with one attached hydrogen (secondary N) is 2. The molecule has 1 aliphatic heterocycles. The Hall–Kier alpha value is -4.87. The second kappa shape index (κ2) is 12.5. The summed E-state index contributed by atoms with van der Waals surface area (Å²) in [6.07, 6.45) is 11.0. The molecule has 2 amide bonds. The number of carbonyl (C=O) groups is 2. The number of rotatable bonds is 6. The van der Waals surface area contributed by atoms with E-state index >= 15 is 0 Å². The van der Waals surface area contributed by atoms with Gasteiger partial charge in [-0.3, -0.25) is 14.6 Å². The van der Waals surface area contributed by atoms with Crippen LogP contribution in [0.4, 0.5) is 17.3 Å². The first-order valence-corrected chi connectivity index (χ1v) is 16.8. The number of nitrogens with zero attached hydrogens (tertiary/aromatic N) is 3. The Morgan fingerprint density at radius 3 is 1.82 bits per heavy atom. The molecule has 250 valence electrons. The van der Waals surface area contributed by atoms with E-state index in [1.807, 2.05) is 83.3 Å². The molecule has 0 bridgehead atoms. The monoisotopic (exact) mass is 656 g/mol. The molecule has 1 saturated heterocycles. The van der Waals surface area contributed by atoms with E-state index in [1.165, 1.54) is 0 Å². The summed E-state index contributed by atoms with van der Waals surface area (Å²) in [7, 11) is -0.386. The molecule has 4 N–H and O–H groups in total. The van der Waals surface area contributed by atoms with Gasteiger partial charge in [-0.05, 0) is 111 Å². The Balaban J connectivity index is 0.000000154. The summed E-state index contributed by atoms with van der Waals surface area (Å²) in [5, 5.41) is 9.85. The number of carbonyl (C=O) groups excluding carboxylic acids is 2. The third-order valence-electron chi connectivity index (χ3n) is 9.96. The molecule has 0 radical (unpaired) electrons. The van der Waals surface area contributed by atoms with Gasteiger partial charge in [0, 0.05) is 41.4 Å². The highest BCUT2D eigenvalue weighted by Gasteiger charge is 2.51. The van der Waals surface area contributed by atoms with Crippen molar-refractivity contribution in [3.8, 4) is 11.1 Å². The van der Waals surface area contributed by atoms with Crippen LogP contribution in [0.15, 0.2) is 73.3 Å². The first-order valence-electron chi connectivity index (χ1n) is 16.8. The maximum atomic E-state index is 11.9. The number of benzene rings is 2. The van der Waals surface area contributed by atoms with Crippen LogP contribution in [0.1, 0.15) is 58.9 Å². The van der Waals surface area contributed by atoms with Crippen molar-refractivity contribution >= 4 is 63.3 Å². The Labute approximate surface area is 286 Å². The van der Waals surface area contributed by atoms with E-state index in [0.717, 1.165) is 69.4 Å². The molecule has 11 heteroatoms. The molecule has 10 nitrogen and oxygen atoms in total. The maximum absolute atomic E-state index is 11.9. The predicted octanol–water partition coefficient (Wildman–Crippen LogP) is 6.42. The van der Waals surface area contributed by atoms with Crippen LogP contribution in [0.5, 0.6) is 0 Å². The molecule has 0 spiro atoms. The number of hydrogen-bond donors (Lipinski definition) is 3. The summed E-state index contributed by atoms with van der Waals surface area (Å²) < 4.78 is 12.2. The molecule has 3 aromatic heterocycles. The minimum atomic E-state index is -0.386. The van der Waals surface area contributed by atoms with Crippen LogP contribution in [-0.4, -0.2) is 45.1 Å². The largest absolute Gasteiger partial charge is 0.494 e. The van der Waals surface area contributed by atoms with Gasteiger partial charge in [-0.25, -0.2) is 9.97 Å². The van der Waals surface area contributed by atoms with Crippen molar-refractivity contribution in [2.24, 2.45) is 11.8 Å². The van der Waals surface area contributed by atoms with Crippen LogP contribution in [0.2, 0.25) is 0 Å². The standard InChI is InChI=1S/C19H23BN2O3.C19H18N4O/c1-18(2)19(3,4)25-20(24-18)15-8-7-13-10-16(21-11-14(13)9-15)22-17(23)12-5-6-12;1-11-16(9-21-10-17(11)20)14-5-4-13-7-18(22-8-15(13)6-14)23-19(24)12-2-3-12/h7-12H,5-6H2,1-4H3,(H,21,22,23);4-10,12H,2-3,20H2,1H3,(H,22,23,24). The highest BCUT2D eigenvalue weighted by molar-refractivity contribution is 6.62. The van der Waals surface area contributed by atoms with Gasteiger partial charge in [0.05, 0.1) is 23.1 Å². The third kappa shape index (κ3) is 7.00. The lowest BCUT2D eigenvalue weighted by Crippen LogP contribution is -2.41. The molecule has 4 heterocycles. The Bertz CT molecular complexity index is 2080. The SMILES string of the molecule is CC1(C)OB(c2ccc3cc(NC(=O)C4CC4)ncc3c2)OC1(C)C.Cc1c(N)cncc1-c1ccc2cc(NC(=O)C3CC3)ncc2c1. The average Bonchev–Trinajstić information content (AvgIpc) is 3.99. The minimum Gasteiger partial charge on any atom is -0.399 e. The smallest absolute Gasteiger partial charge is 0.399 e. The second-order valence-electron chi connectivity index (χ2n) is 14.3. The number of fused-ring (bicyclic) bond motifs is 2. The lowest BCUT2D eigenvalue weighted by molar-refractivity contribution is -0.118. The van der Waals surface area contributed by atoms with E-state index in [9.17, 15) is 9.59 Å². The van der Waals surface area contributed by atoms with E-state index in [1.54, 1.807) is 18.6 Å². The maximum Gasteiger partial charge on any atom is 0.494 e. The van der Waals surface area contributed by atoms with Crippen molar-refractivity contribution in [3.63, 3.8) is 0 Å². The Morgan fingerprint density at radius 2 is 1.27 bits per heavy atom. The molecule has 2 saturated carbocycles. The Morgan fingerprint density at radius 1 is 0.735 bits per heavy atom. The van der Waals surface area contributed by atoms with Crippen LogP contribution in [0.3, 0.4) is 0 Å². The zero-order valence-corrected chi connectivity index (χ0v) is 28.5. The van der Waals surface area contributed by atoms with Gasteiger partial charge >= 0.3 is 7.12 Å². The van der Waals surface area contributed by atoms with E-state index in [2.05, 4.69) is 31.7 Å². The summed E-state index contributed by atoms with van der Waals surface area (Å²) in [5.74, 6) is 1.69. The summed E-state index contributed by atoms with van der Waals surface area (Å²) in [6.45, 7) is 10.2. The molecule has 8 rings (SSSR count). The van der Waals surface area contributed by atoms with Gasteiger partial charge in [-0.15, -0.1) is 0 Å². The van der Waals surface area contributed by atoms with Crippen LogP contribution in [0, 0.1) is 18.8 Å². The number of nitrogens with two attached hydrogens (primary N) is 1. The molecule has 2 aromatic carbocycles. The zero-order chi connectivity index (χ0) is 34.5. The zero-order valence-electron chi connectivity index (χ0n) is 28.5. The topological polar surface area (TPSA) is 141 Å². The van der Waals surface area contributed by atoms with Crippen molar-refractivity contribution in [1.29, 1.82) is 0 Å². The Kier molecular flexibility index (Phi) is 8.36. The number of aromatic nitrogens is 3. The fourth-order valence-corrected chi connectivity index (χ4v) is 5.71. The fraction of sp³-hybridized carbons (Fsp3) is 0.342. The molecule has 0 unspecified atom stereocenters. The number of pyridine rings is 3. The van der Waals surface area contributed by atoms with Crippen LogP contribution >= 0.6 is 0 Å². The molecule has 3 aliphatic rings. The van der Waals surface area contributed by atoms with Crippen LogP contribution in [-0.2, 0) is 18.9 Å². The highest BCUT2D eigenvalue weighted by atomic mass is 16.7. The summed E-state index contributed by atoms with van der Waals surface area (Å²) >= 11 is 0. The van der Waals surface area contributed by atoms with Gasteiger partial charge in [-0.1, -0.05) is 30.3 Å². The number of amides is 2. The van der Waals surface area contributed by atoms with Crippen molar-refractivity contribution in [3.05, 3.63) is 78.9 Å². The predicted molar refractivity (Wildman–Crippen MR) is 194 cm³/mol. The number of anilines is 3. The van der Waals surface area contributed by atoms with Crippen LogP contribution < -0.4 is 21.8 Å². The molecule has 0 atom stereocenters. The molecular formula is C38H41BN6O4. The lowest BCUT2D eigenvalue weighted by atomic mass is 9.78. The average molecular weight is 657 g/mol. The number of nitrogen functional groups attached to an aromatic ring is 1. The minimum absolute atomic E-state index is 0.0694. The van der Waals surface area contributed by atoms with Gasteiger partial charge in [0.1, 0.15) is 11.6 Å². The molecule has 5 aromatic rings. The van der Waals surface area contributed by atoms with Crippen molar-refractivity contribution in [2.45, 2.75) is 71.5 Å². The van der Waals surface area contributed by atoms with Crippen LogP contribution in [0.25, 0.3) is 32.7 Å². The van der Waals surface area contributed by atoms with E-state index in [-0.39, 0.29) is 42.0 Å². The van der Waals surface area contributed by atoms with Crippen molar-refractivity contribution in [1.82, 2.24) is 15.0 Å².